The van der Waals surface area contributed by atoms with E-state index in [2.05, 4.69) is 53.7 Å². The minimum Gasteiger partial charge on any atom is -0.377 e. The van der Waals surface area contributed by atoms with Crippen LogP contribution in [0.4, 0.5) is 0 Å². The first-order valence-electron chi connectivity index (χ1n) is 7.73. The summed E-state index contributed by atoms with van der Waals surface area (Å²) in [6.45, 7) is 14.6. The number of hydrogen-bond acceptors (Lipinski definition) is 1. The molecule has 1 aromatic rings. The fourth-order valence-electron chi connectivity index (χ4n) is 0.909. The molecule has 1 aromatic carbocycles. The lowest BCUT2D eigenvalue weighted by atomic mass is 10.2. The van der Waals surface area contributed by atoms with Crippen LogP contribution in [0.5, 0.6) is 0 Å². The molecule has 0 aromatic heterocycles. The van der Waals surface area contributed by atoms with Crippen LogP contribution in [0.3, 0.4) is 0 Å². The van der Waals surface area contributed by atoms with Gasteiger partial charge in [-0.05, 0) is 17.9 Å². The molecule has 0 spiro atoms. The number of rotatable bonds is 5. The van der Waals surface area contributed by atoms with Gasteiger partial charge >= 0.3 is 0 Å². The second-order valence-electron chi connectivity index (χ2n) is 5.05. The zero-order chi connectivity index (χ0) is 14.9. The van der Waals surface area contributed by atoms with Gasteiger partial charge in [-0.25, -0.2) is 0 Å². The molecule has 0 atom stereocenters. The molecule has 0 N–H and O–H groups in total. The summed E-state index contributed by atoms with van der Waals surface area (Å²) in [6.07, 6.45) is 3.65. The third kappa shape index (κ3) is 19.7. The van der Waals surface area contributed by atoms with Crippen LogP contribution in [0.15, 0.2) is 30.3 Å². The van der Waals surface area contributed by atoms with E-state index in [0.29, 0.717) is 0 Å². The Balaban J connectivity index is 0. The van der Waals surface area contributed by atoms with Gasteiger partial charge in [-0.3, -0.25) is 0 Å². The smallest absolute Gasteiger partial charge is 0.0716 e. The summed E-state index contributed by atoms with van der Waals surface area (Å²) in [5.74, 6) is 0.884. The fraction of sp³-hybridized carbons (Fsp3) is 0.667. The fourth-order valence-corrected chi connectivity index (χ4v) is 0.909. The van der Waals surface area contributed by atoms with Crippen molar-refractivity contribution in [3.8, 4) is 0 Å². The van der Waals surface area contributed by atoms with Crippen LogP contribution in [-0.4, -0.2) is 6.61 Å². The quantitative estimate of drug-likeness (QED) is 0.587. The molecule has 0 fully saturated rings. The normalized spacial score (nSPS) is 9.21. The minimum absolute atomic E-state index is 0.745. The van der Waals surface area contributed by atoms with Crippen molar-refractivity contribution in [1.82, 2.24) is 0 Å². The largest absolute Gasteiger partial charge is 0.377 e. The number of benzene rings is 1. The Morgan fingerprint density at radius 1 is 0.947 bits per heavy atom. The van der Waals surface area contributed by atoms with Crippen molar-refractivity contribution in [3.05, 3.63) is 35.9 Å². The summed E-state index contributed by atoms with van der Waals surface area (Å²) in [5, 5.41) is 0. The second-order valence-corrected chi connectivity index (χ2v) is 5.05. The molecule has 19 heavy (non-hydrogen) atoms. The average Bonchev–Trinajstić information content (AvgIpc) is 2.42. The van der Waals surface area contributed by atoms with E-state index in [1.54, 1.807) is 0 Å². The predicted molar refractivity (Wildman–Crippen MR) is 87.5 cm³/mol. The van der Waals surface area contributed by atoms with Gasteiger partial charge in [0.1, 0.15) is 0 Å². The highest BCUT2D eigenvalue weighted by atomic mass is 16.5. The van der Waals surface area contributed by atoms with Gasteiger partial charge in [-0.15, -0.1) is 0 Å². The lowest BCUT2D eigenvalue weighted by molar-refractivity contribution is 0.121. The SMILES string of the molecule is CCC.CCC(C)C.CCCOCc1ccccc1. The highest BCUT2D eigenvalue weighted by Gasteiger charge is 1.88. The first-order chi connectivity index (χ1) is 9.12. The molecule has 0 radical (unpaired) electrons. The maximum absolute atomic E-state index is 5.37. The molecule has 0 unspecified atom stereocenters. The Morgan fingerprint density at radius 3 is 1.79 bits per heavy atom. The summed E-state index contributed by atoms with van der Waals surface area (Å²) in [4.78, 5) is 0. The van der Waals surface area contributed by atoms with Crippen LogP contribution in [0.2, 0.25) is 0 Å². The lowest BCUT2D eigenvalue weighted by Gasteiger charge is -2.00. The maximum Gasteiger partial charge on any atom is 0.0716 e. The Kier molecular flexibility index (Phi) is 18.5. The summed E-state index contributed by atoms with van der Waals surface area (Å²) in [6, 6.07) is 10.2. The highest BCUT2D eigenvalue weighted by molar-refractivity contribution is 5.13. The number of hydrogen-bond donors (Lipinski definition) is 0. The monoisotopic (exact) mass is 266 g/mol. The molecule has 112 valence electrons. The first kappa shape index (κ1) is 20.5. The van der Waals surface area contributed by atoms with E-state index in [4.69, 9.17) is 4.74 Å². The molecule has 0 aliphatic carbocycles. The van der Waals surface area contributed by atoms with E-state index in [9.17, 15) is 0 Å². The van der Waals surface area contributed by atoms with Crippen LogP contribution in [0.25, 0.3) is 0 Å². The van der Waals surface area contributed by atoms with Gasteiger partial charge in [0.05, 0.1) is 6.61 Å². The van der Waals surface area contributed by atoms with Crippen LogP contribution in [-0.2, 0) is 11.3 Å². The van der Waals surface area contributed by atoms with E-state index in [-0.39, 0.29) is 0 Å². The van der Waals surface area contributed by atoms with Crippen molar-refractivity contribution >= 4 is 0 Å². The van der Waals surface area contributed by atoms with Crippen LogP contribution in [0.1, 0.15) is 66.4 Å². The summed E-state index contributed by atoms with van der Waals surface area (Å²) in [7, 11) is 0. The van der Waals surface area contributed by atoms with Crippen LogP contribution >= 0.6 is 0 Å². The molecule has 0 amide bonds. The molecule has 1 heteroatoms. The average molecular weight is 266 g/mol. The molecule has 1 nitrogen and oxygen atoms in total. The van der Waals surface area contributed by atoms with Gasteiger partial charge < -0.3 is 4.74 Å². The van der Waals surface area contributed by atoms with Crippen molar-refractivity contribution < 1.29 is 4.74 Å². The van der Waals surface area contributed by atoms with Crippen LogP contribution in [0, 0.1) is 5.92 Å². The Bertz CT molecular complexity index is 241. The second kappa shape index (κ2) is 17.2. The third-order valence-electron chi connectivity index (χ3n) is 2.28. The summed E-state index contributed by atoms with van der Waals surface area (Å²) in [5.41, 5.74) is 1.25. The maximum atomic E-state index is 5.37. The topological polar surface area (TPSA) is 9.23 Å². The zero-order valence-electron chi connectivity index (χ0n) is 13.9. The first-order valence-corrected chi connectivity index (χ1v) is 7.73. The molecule has 0 aliphatic heterocycles. The minimum atomic E-state index is 0.745. The van der Waals surface area contributed by atoms with E-state index in [1.807, 2.05) is 18.2 Å². The Morgan fingerprint density at radius 2 is 1.42 bits per heavy atom. The Labute approximate surface area is 121 Å². The van der Waals surface area contributed by atoms with E-state index in [0.717, 1.165) is 25.6 Å². The molecule has 1 rings (SSSR count). The van der Waals surface area contributed by atoms with E-state index < -0.39 is 0 Å². The molecular formula is C18H34O. The molecule has 0 bridgehead atoms. The molecular weight excluding hydrogens is 232 g/mol. The lowest BCUT2D eigenvalue weighted by Crippen LogP contribution is -1.92. The van der Waals surface area contributed by atoms with Gasteiger partial charge in [0, 0.05) is 6.61 Å². The summed E-state index contributed by atoms with van der Waals surface area (Å²) < 4.78 is 5.37. The molecule has 0 aliphatic rings. The molecule has 0 saturated carbocycles. The van der Waals surface area contributed by atoms with Crippen molar-refractivity contribution in [2.75, 3.05) is 6.61 Å². The standard InChI is InChI=1S/C10H14O.C5H12.C3H8/c1-2-8-11-9-10-6-4-3-5-7-10;1-4-5(2)3;1-3-2/h3-7H,2,8-9H2,1H3;5H,4H2,1-3H3;3H2,1-2H3. The van der Waals surface area contributed by atoms with Gasteiger partial charge in [-0.1, -0.05) is 84.7 Å². The van der Waals surface area contributed by atoms with Crippen LogP contribution < -0.4 is 0 Å². The highest BCUT2D eigenvalue weighted by Crippen LogP contribution is 2.00. The predicted octanol–water partition coefficient (Wildman–Crippen LogP) is 6.08. The van der Waals surface area contributed by atoms with Crippen molar-refractivity contribution in [2.24, 2.45) is 5.92 Å². The van der Waals surface area contributed by atoms with Crippen molar-refractivity contribution in [1.29, 1.82) is 0 Å². The van der Waals surface area contributed by atoms with Gasteiger partial charge in [-0.2, -0.15) is 0 Å². The molecule has 0 heterocycles. The Hall–Kier alpha value is -0.820. The molecule has 0 saturated heterocycles. The summed E-state index contributed by atoms with van der Waals surface area (Å²) >= 11 is 0. The third-order valence-corrected chi connectivity index (χ3v) is 2.28. The van der Waals surface area contributed by atoms with Crippen molar-refractivity contribution in [2.45, 2.75) is 67.4 Å². The number of ether oxygens (including phenoxy) is 1. The van der Waals surface area contributed by atoms with Gasteiger partial charge in [0.25, 0.3) is 0 Å². The van der Waals surface area contributed by atoms with Gasteiger partial charge in [0.15, 0.2) is 0 Å². The zero-order valence-corrected chi connectivity index (χ0v) is 13.9. The van der Waals surface area contributed by atoms with Crippen molar-refractivity contribution in [3.63, 3.8) is 0 Å². The van der Waals surface area contributed by atoms with E-state index >= 15 is 0 Å². The van der Waals surface area contributed by atoms with E-state index in [1.165, 1.54) is 18.4 Å². The van der Waals surface area contributed by atoms with Gasteiger partial charge in [0.2, 0.25) is 0 Å².